The Balaban J connectivity index is 2.05. The van der Waals surface area contributed by atoms with E-state index in [0.29, 0.717) is 17.9 Å². The van der Waals surface area contributed by atoms with Crippen molar-refractivity contribution in [1.29, 1.82) is 0 Å². The van der Waals surface area contributed by atoms with Crippen molar-refractivity contribution >= 4 is 23.6 Å². The topological polar surface area (TPSA) is 69.6 Å². The maximum absolute atomic E-state index is 12.3. The predicted molar refractivity (Wildman–Crippen MR) is 80.4 cm³/mol. The summed E-state index contributed by atoms with van der Waals surface area (Å²) in [5.41, 5.74) is -0.152. The summed E-state index contributed by atoms with van der Waals surface area (Å²) in [6.07, 6.45) is 1.79. The van der Waals surface area contributed by atoms with E-state index in [2.05, 4.69) is 5.32 Å². The van der Waals surface area contributed by atoms with Crippen molar-refractivity contribution in [3.8, 4) is 0 Å². The minimum absolute atomic E-state index is 0.173. The fourth-order valence-electron chi connectivity index (χ4n) is 2.36. The van der Waals surface area contributed by atoms with Crippen molar-refractivity contribution < 1.29 is 14.7 Å². The summed E-state index contributed by atoms with van der Waals surface area (Å²) < 4.78 is 0. The van der Waals surface area contributed by atoms with Gasteiger partial charge in [0.2, 0.25) is 0 Å². The number of aliphatic carboxylic acids is 1. The largest absolute Gasteiger partial charge is 0.480 e. The molecule has 21 heavy (non-hydrogen) atoms. The number of urea groups is 1. The number of halogens is 1. The number of carboxylic acid groups (broad SMARTS) is 1. The van der Waals surface area contributed by atoms with E-state index in [1.165, 1.54) is 4.90 Å². The van der Waals surface area contributed by atoms with E-state index in [4.69, 9.17) is 11.6 Å². The second-order valence-corrected chi connectivity index (χ2v) is 5.95. The van der Waals surface area contributed by atoms with Crippen molar-refractivity contribution in [3.05, 3.63) is 34.9 Å². The van der Waals surface area contributed by atoms with E-state index in [-0.39, 0.29) is 12.1 Å². The summed E-state index contributed by atoms with van der Waals surface area (Å²) in [4.78, 5) is 25.1. The van der Waals surface area contributed by atoms with Crippen LogP contribution in [0.15, 0.2) is 24.3 Å². The molecule has 0 spiro atoms. The highest BCUT2D eigenvalue weighted by molar-refractivity contribution is 6.30. The first-order valence-corrected chi connectivity index (χ1v) is 7.27. The Kier molecular flexibility index (Phi) is 4.42. The minimum atomic E-state index is -1.09. The SMILES string of the molecule is CC(c1ccc(Cl)cc1)N(C)C(=O)NC1(C(=O)O)CCC1. The van der Waals surface area contributed by atoms with E-state index in [1.807, 2.05) is 19.1 Å². The molecular weight excluding hydrogens is 292 g/mol. The molecule has 1 saturated carbocycles. The lowest BCUT2D eigenvalue weighted by Crippen LogP contribution is -2.61. The average molecular weight is 311 g/mol. The zero-order valence-electron chi connectivity index (χ0n) is 12.1. The van der Waals surface area contributed by atoms with Crippen LogP contribution in [0.25, 0.3) is 0 Å². The van der Waals surface area contributed by atoms with Crippen LogP contribution in [0.1, 0.15) is 37.8 Å². The number of hydrogen-bond donors (Lipinski definition) is 2. The Hall–Kier alpha value is -1.75. The highest BCUT2D eigenvalue weighted by Gasteiger charge is 2.46. The Labute approximate surface area is 128 Å². The minimum Gasteiger partial charge on any atom is -0.480 e. The van der Waals surface area contributed by atoms with Crippen molar-refractivity contribution in [2.45, 2.75) is 37.8 Å². The van der Waals surface area contributed by atoms with Gasteiger partial charge in [-0.1, -0.05) is 23.7 Å². The standard InChI is InChI=1S/C15H19ClN2O3/c1-10(11-4-6-12(16)7-5-11)18(2)14(21)17-15(13(19)20)8-3-9-15/h4-7,10H,3,8-9H2,1-2H3,(H,17,21)(H,19,20). The van der Waals surface area contributed by atoms with Crippen LogP contribution in [0.4, 0.5) is 4.79 Å². The van der Waals surface area contributed by atoms with Crippen LogP contribution in [0.5, 0.6) is 0 Å². The lowest BCUT2D eigenvalue weighted by atomic mass is 9.77. The molecule has 0 aliphatic heterocycles. The van der Waals surface area contributed by atoms with Gasteiger partial charge in [0.05, 0.1) is 6.04 Å². The van der Waals surface area contributed by atoms with E-state index >= 15 is 0 Å². The quantitative estimate of drug-likeness (QED) is 0.898. The van der Waals surface area contributed by atoms with Gasteiger partial charge in [0, 0.05) is 12.1 Å². The molecule has 0 aromatic heterocycles. The molecule has 1 atom stereocenters. The highest BCUT2D eigenvalue weighted by Crippen LogP contribution is 2.32. The molecule has 0 bridgehead atoms. The normalized spacial score (nSPS) is 17.5. The third kappa shape index (κ3) is 3.13. The molecule has 1 aliphatic rings. The zero-order valence-corrected chi connectivity index (χ0v) is 12.9. The number of rotatable bonds is 4. The molecule has 6 heteroatoms. The Morgan fingerprint density at radius 2 is 1.90 bits per heavy atom. The zero-order chi connectivity index (χ0) is 15.6. The van der Waals surface area contributed by atoms with E-state index in [9.17, 15) is 14.7 Å². The summed E-state index contributed by atoms with van der Waals surface area (Å²) in [7, 11) is 1.66. The summed E-state index contributed by atoms with van der Waals surface area (Å²) in [6, 6.07) is 6.70. The lowest BCUT2D eigenvalue weighted by Gasteiger charge is -2.40. The average Bonchev–Trinajstić information content (AvgIpc) is 2.41. The molecule has 1 fully saturated rings. The number of nitrogens with zero attached hydrogens (tertiary/aromatic N) is 1. The smallest absolute Gasteiger partial charge is 0.329 e. The van der Waals surface area contributed by atoms with E-state index in [0.717, 1.165) is 12.0 Å². The third-order valence-corrected chi connectivity index (χ3v) is 4.47. The second-order valence-electron chi connectivity index (χ2n) is 5.51. The molecule has 1 aromatic rings. The molecule has 1 unspecified atom stereocenters. The molecule has 2 rings (SSSR count). The van der Waals surface area contributed by atoms with Crippen LogP contribution < -0.4 is 5.32 Å². The number of carbonyl (C=O) groups excluding carboxylic acids is 1. The molecule has 5 nitrogen and oxygen atoms in total. The number of carbonyl (C=O) groups is 2. The van der Waals surface area contributed by atoms with Gasteiger partial charge in [0.15, 0.2) is 0 Å². The van der Waals surface area contributed by atoms with Gasteiger partial charge >= 0.3 is 12.0 Å². The molecule has 114 valence electrons. The van der Waals surface area contributed by atoms with Gasteiger partial charge < -0.3 is 15.3 Å². The number of carboxylic acids is 1. The molecule has 1 aromatic carbocycles. The molecular formula is C15H19ClN2O3. The Morgan fingerprint density at radius 3 is 2.33 bits per heavy atom. The number of amides is 2. The summed E-state index contributed by atoms with van der Waals surface area (Å²) in [5.74, 6) is -0.963. The van der Waals surface area contributed by atoms with Gasteiger partial charge in [0.1, 0.15) is 5.54 Å². The Bertz CT molecular complexity index is 540. The van der Waals surface area contributed by atoms with Crippen molar-refractivity contribution in [2.75, 3.05) is 7.05 Å². The third-order valence-electron chi connectivity index (χ3n) is 4.22. The molecule has 1 aliphatic carbocycles. The highest BCUT2D eigenvalue weighted by atomic mass is 35.5. The van der Waals surface area contributed by atoms with Crippen molar-refractivity contribution in [2.24, 2.45) is 0 Å². The fourth-order valence-corrected chi connectivity index (χ4v) is 2.48. The second kappa shape index (κ2) is 5.93. The Morgan fingerprint density at radius 1 is 1.33 bits per heavy atom. The van der Waals surface area contributed by atoms with Crippen molar-refractivity contribution in [1.82, 2.24) is 10.2 Å². The number of benzene rings is 1. The maximum atomic E-state index is 12.3. The first-order valence-electron chi connectivity index (χ1n) is 6.89. The molecule has 2 N–H and O–H groups in total. The van der Waals surface area contributed by atoms with Gasteiger partial charge in [0.25, 0.3) is 0 Å². The van der Waals surface area contributed by atoms with Gasteiger partial charge in [-0.05, 0) is 43.9 Å². The first kappa shape index (κ1) is 15.6. The predicted octanol–water partition coefficient (Wildman–Crippen LogP) is 3.05. The van der Waals surface area contributed by atoms with Crippen LogP contribution in [0.2, 0.25) is 5.02 Å². The molecule has 0 radical (unpaired) electrons. The summed E-state index contributed by atoms with van der Waals surface area (Å²) in [6.45, 7) is 1.89. The number of hydrogen-bond acceptors (Lipinski definition) is 2. The fraction of sp³-hybridized carbons (Fsp3) is 0.467. The van der Waals surface area contributed by atoms with Crippen molar-refractivity contribution in [3.63, 3.8) is 0 Å². The molecule has 2 amide bonds. The summed E-state index contributed by atoms with van der Waals surface area (Å²) >= 11 is 5.85. The molecule has 0 heterocycles. The van der Waals surface area contributed by atoms with Crippen LogP contribution in [0, 0.1) is 0 Å². The van der Waals surface area contributed by atoms with E-state index in [1.54, 1.807) is 19.2 Å². The van der Waals surface area contributed by atoms with Gasteiger partial charge in [-0.25, -0.2) is 9.59 Å². The molecule has 0 saturated heterocycles. The van der Waals surface area contributed by atoms with E-state index < -0.39 is 11.5 Å². The monoisotopic (exact) mass is 310 g/mol. The maximum Gasteiger partial charge on any atom is 0.329 e. The first-order chi connectivity index (χ1) is 9.85. The summed E-state index contributed by atoms with van der Waals surface area (Å²) in [5, 5.41) is 12.5. The van der Waals surface area contributed by atoms with Crippen LogP contribution in [-0.4, -0.2) is 34.6 Å². The van der Waals surface area contributed by atoms with Gasteiger partial charge in [-0.2, -0.15) is 0 Å². The van der Waals surface area contributed by atoms with Crippen LogP contribution in [0.3, 0.4) is 0 Å². The van der Waals surface area contributed by atoms with Crippen LogP contribution >= 0.6 is 11.6 Å². The van der Waals surface area contributed by atoms with Crippen LogP contribution in [-0.2, 0) is 4.79 Å². The van der Waals surface area contributed by atoms with Gasteiger partial charge in [-0.15, -0.1) is 0 Å². The van der Waals surface area contributed by atoms with Gasteiger partial charge in [-0.3, -0.25) is 0 Å². The lowest BCUT2D eigenvalue weighted by molar-refractivity contribution is -0.148. The number of nitrogens with one attached hydrogen (secondary N) is 1.